The molecule has 0 bridgehead atoms. The summed E-state index contributed by atoms with van der Waals surface area (Å²) in [6.45, 7) is 5.06. The summed E-state index contributed by atoms with van der Waals surface area (Å²) in [5.41, 5.74) is 1.69. The highest BCUT2D eigenvalue weighted by molar-refractivity contribution is 7.90. The topological polar surface area (TPSA) is 64.0 Å². The van der Waals surface area contributed by atoms with Crippen LogP contribution in [0.15, 0.2) is 23.1 Å². The van der Waals surface area contributed by atoms with E-state index in [0.717, 1.165) is 29.8 Å². The van der Waals surface area contributed by atoms with Crippen LogP contribution in [-0.2, 0) is 23.3 Å². The van der Waals surface area contributed by atoms with Gasteiger partial charge in [0.2, 0.25) is 0 Å². The molecule has 0 saturated heterocycles. The molecule has 6 heteroatoms. The molecule has 1 aromatic heterocycles. The highest BCUT2D eigenvalue weighted by atomic mass is 32.2. The Bertz CT molecular complexity index is 717. The smallest absolute Gasteiger partial charge is 0.175 e. The van der Waals surface area contributed by atoms with Gasteiger partial charge in [0.05, 0.1) is 15.9 Å². The van der Waals surface area contributed by atoms with Gasteiger partial charge in [0, 0.05) is 32.3 Å². The molecule has 0 spiro atoms. The van der Waals surface area contributed by atoms with E-state index in [-0.39, 0.29) is 0 Å². The molecule has 0 saturated carbocycles. The largest absolute Gasteiger partial charge is 0.331 e. The van der Waals surface area contributed by atoms with Crippen molar-refractivity contribution in [1.29, 1.82) is 0 Å². The van der Waals surface area contributed by atoms with Crippen LogP contribution < -0.4 is 5.32 Å². The SMILES string of the molecule is CC(C)NCCc1nc2cc(S(C)(=O)=O)ccc2n1C. The average molecular weight is 295 g/mol. The first kappa shape index (κ1) is 15.0. The van der Waals surface area contributed by atoms with Crippen molar-refractivity contribution in [3.8, 4) is 0 Å². The van der Waals surface area contributed by atoms with Gasteiger partial charge in [-0.2, -0.15) is 0 Å². The highest BCUT2D eigenvalue weighted by Crippen LogP contribution is 2.19. The molecule has 5 nitrogen and oxygen atoms in total. The van der Waals surface area contributed by atoms with Crippen LogP contribution in [0.1, 0.15) is 19.7 Å². The first-order chi connectivity index (χ1) is 9.29. The Labute approximate surface area is 119 Å². The number of aryl methyl sites for hydroxylation is 1. The molecule has 0 aliphatic heterocycles. The van der Waals surface area contributed by atoms with Crippen LogP contribution in [-0.4, -0.2) is 36.8 Å². The quantitative estimate of drug-likeness (QED) is 0.908. The van der Waals surface area contributed by atoms with Crippen molar-refractivity contribution in [3.05, 3.63) is 24.0 Å². The summed E-state index contributed by atoms with van der Waals surface area (Å²) in [6.07, 6.45) is 2.03. The molecule has 0 unspecified atom stereocenters. The average Bonchev–Trinajstić information content (AvgIpc) is 2.65. The van der Waals surface area contributed by atoms with Crippen molar-refractivity contribution in [2.75, 3.05) is 12.8 Å². The van der Waals surface area contributed by atoms with Crippen molar-refractivity contribution in [1.82, 2.24) is 14.9 Å². The van der Waals surface area contributed by atoms with Gasteiger partial charge in [0.15, 0.2) is 9.84 Å². The first-order valence-electron chi connectivity index (χ1n) is 6.68. The molecule has 0 aliphatic carbocycles. The fraction of sp³-hybridized carbons (Fsp3) is 0.500. The molecule has 1 N–H and O–H groups in total. The van der Waals surface area contributed by atoms with Crippen molar-refractivity contribution in [2.24, 2.45) is 7.05 Å². The van der Waals surface area contributed by atoms with Crippen molar-refractivity contribution >= 4 is 20.9 Å². The number of hydrogen-bond donors (Lipinski definition) is 1. The Kier molecular flexibility index (Phi) is 4.15. The summed E-state index contributed by atoms with van der Waals surface area (Å²) in [7, 11) is -1.23. The number of imidazole rings is 1. The van der Waals surface area contributed by atoms with Crippen LogP contribution in [0.4, 0.5) is 0 Å². The Hall–Kier alpha value is -1.40. The Morgan fingerprint density at radius 1 is 1.35 bits per heavy atom. The van der Waals surface area contributed by atoms with Crippen LogP contribution in [0.2, 0.25) is 0 Å². The minimum absolute atomic E-state index is 0.315. The van der Waals surface area contributed by atoms with Gasteiger partial charge in [0.25, 0.3) is 0 Å². The molecule has 0 amide bonds. The number of nitrogens with zero attached hydrogens (tertiary/aromatic N) is 2. The lowest BCUT2D eigenvalue weighted by Gasteiger charge is -2.07. The summed E-state index contributed by atoms with van der Waals surface area (Å²) < 4.78 is 25.2. The predicted molar refractivity (Wildman–Crippen MR) is 80.7 cm³/mol. The predicted octanol–water partition coefficient (Wildman–Crippen LogP) is 1.52. The standard InChI is InChI=1S/C14H21N3O2S/c1-10(2)15-8-7-14-16-12-9-11(20(4,18)19)5-6-13(12)17(14)3/h5-6,9-10,15H,7-8H2,1-4H3. The number of aromatic nitrogens is 2. The maximum Gasteiger partial charge on any atom is 0.175 e. The van der Waals surface area contributed by atoms with E-state index in [9.17, 15) is 8.42 Å². The summed E-state index contributed by atoms with van der Waals surface area (Å²) in [5.74, 6) is 0.957. The second-order valence-electron chi connectivity index (χ2n) is 5.37. The number of benzene rings is 1. The second kappa shape index (κ2) is 5.54. The van der Waals surface area contributed by atoms with Crippen LogP contribution in [0.5, 0.6) is 0 Å². The van der Waals surface area contributed by atoms with E-state index in [1.54, 1.807) is 12.1 Å². The normalized spacial score (nSPS) is 12.4. The van der Waals surface area contributed by atoms with Crippen LogP contribution in [0, 0.1) is 0 Å². The number of fused-ring (bicyclic) bond motifs is 1. The Morgan fingerprint density at radius 3 is 2.65 bits per heavy atom. The molecule has 20 heavy (non-hydrogen) atoms. The minimum Gasteiger partial charge on any atom is -0.331 e. The molecule has 2 aromatic rings. The molecule has 1 aromatic carbocycles. The third-order valence-electron chi connectivity index (χ3n) is 3.27. The maximum absolute atomic E-state index is 11.6. The molecule has 1 heterocycles. The number of hydrogen-bond acceptors (Lipinski definition) is 4. The third-order valence-corrected chi connectivity index (χ3v) is 4.38. The Morgan fingerprint density at radius 2 is 2.05 bits per heavy atom. The number of nitrogens with one attached hydrogen (secondary N) is 1. The molecule has 0 atom stereocenters. The van der Waals surface area contributed by atoms with Crippen molar-refractivity contribution in [3.63, 3.8) is 0 Å². The molecule has 0 fully saturated rings. The van der Waals surface area contributed by atoms with E-state index >= 15 is 0 Å². The maximum atomic E-state index is 11.6. The summed E-state index contributed by atoms with van der Waals surface area (Å²) >= 11 is 0. The number of rotatable bonds is 5. The van der Waals surface area contributed by atoms with E-state index in [0.29, 0.717) is 10.9 Å². The van der Waals surface area contributed by atoms with Crippen LogP contribution in [0.25, 0.3) is 11.0 Å². The van der Waals surface area contributed by atoms with Crippen molar-refractivity contribution in [2.45, 2.75) is 31.2 Å². The Balaban J connectivity index is 2.32. The van der Waals surface area contributed by atoms with Gasteiger partial charge in [-0.15, -0.1) is 0 Å². The first-order valence-corrected chi connectivity index (χ1v) is 8.57. The van der Waals surface area contributed by atoms with Gasteiger partial charge in [0.1, 0.15) is 5.82 Å². The summed E-state index contributed by atoms with van der Waals surface area (Å²) in [6, 6.07) is 5.54. The van der Waals surface area contributed by atoms with Crippen molar-refractivity contribution < 1.29 is 8.42 Å². The fourth-order valence-electron chi connectivity index (χ4n) is 2.16. The summed E-state index contributed by atoms with van der Waals surface area (Å²) in [4.78, 5) is 4.86. The van der Waals surface area contributed by atoms with E-state index < -0.39 is 9.84 Å². The molecular weight excluding hydrogens is 274 g/mol. The zero-order valence-corrected chi connectivity index (χ0v) is 13.2. The van der Waals surface area contributed by atoms with E-state index in [1.807, 2.05) is 17.7 Å². The minimum atomic E-state index is -3.19. The lowest BCUT2D eigenvalue weighted by Crippen LogP contribution is -2.25. The molecule has 2 rings (SSSR count). The fourth-order valence-corrected chi connectivity index (χ4v) is 2.80. The zero-order chi connectivity index (χ0) is 14.9. The van der Waals surface area contributed by atoms with Crippen LogP contribution >= 0.6 is 0 Å². The van der Waals surface area contributed by atoms with E-state index in [1.165, 1.54) is 6.26 Å². The molecule has 0 radical (unpaired) electrons. The lowest BCUT2D eigenvalue weighted by atomic mass is 10.3. The third kappa shape index (κ3) is 3.19. The summed E-state index contributed by atoms with van der Waals surface area (Å²) in [5, 5.41) is 3.35. The van der Waals surface area contributed by atoms with Gasteiger partial charge < -0.3 is 9.88 Å². The molecule has 110 valence electrons. The zero-order valence-electron chi connectivity index (χ0n) is 12.3. The van der Waals surface area contributed by atoms with E-state index in [2.05, 4.69) is 24.1 Å². The van der Waals surface area contributed by atoms with Crippen LogP contribution in [0.3, 0.4) is 0 Å². The monoisotopic (exact) mass is 295 g/mol. The molecular formula is C14H21N3O2S. The van der Waals surface area contributed by atoms with Gasteiger partial charge in [-0.25, -0.2) is 13.4 Å². The molecule has 0 aliphatic rings. The lowest BCUT2D eigenvalue weighted by molar-refractivity contribution is 0.578. The van der Waals surface area contributed by atoms with Gasteiger partial charge >= 0.3 is 0 Å². The van der Waals surface area contributed by atoms with Gasteiger partial charge in [-0.05, 0) is 18.2 Å². The van der Waals surface area contributed by atoms with Gasteiger partial charge in [-0.1, -0.05) is 13.8 Å². The van der Waals surface area contributed by atoms with Gasteiger partial charge in [-0.3, -0.25) is 0 Å². The second-order valence-corrected chi connectivity index (χ2v) is 7.38. The van der Waals surface area contributed by atoms with E-state index in [4.69, 9.17) is 0 Å². The number of sulfone groups is 1. The highest BCUT2D eigenvalue weighted by Gasteiger charge is 2.12.